The fourth-order valence-corrected chi connectivity index (χ4v) is 6.54. The van der Waals surface area contributed by atoms with Crippen LogP contribution < -0.4 is 5.48 Å². The summed E-state index contributed by atoms with van der Waals surface area (Å²) >= 11 is 0. The van der Waals surface area contributed by atoms with Crippen molar-refractivity contribution in [2.45, 2.75) is 36.3 Å². The minimum absolute atomic E-state index is 0.0268. The second-order valence-corrected chi connectivity index (χ2v) is 10.2. The lowest BCUT2D eigenvalue weighted by molar-refractivity contribution is -0.134. The third-order valence-electron chi connectivity index (χ3n) is 6.30. The van der Waals surface area contributed by atoms with E-state index in [0.717, 1.165) is 16.8 Å². The molecule has 2 aromatic heterocycles. The molecule has 2 aliphatic heterocycles. The van der Waals surface area contributed by atoms with E-state index in [1.165, 1.54) is 4.31 Å². The van der Waals surface area contributed by atoms with Gasteiger partial charge in [0.15, 0.2) is 4.75 Å². The van der Waals surface area contributed by atoms with Crippen LogP contribution in [-0.4, -0.2) is 64.9 Å². The zero-order chi connectivity index (χ0) is 21.9. The van der Waals surface area contributed by atoms with Gasteiger partial charge in [0, 0.05) is 80.5 Å². The first-order chi connectivity index (χ1) is 15.0. The quantitative estimate of drug-likeness (QED) is 0.530. The van der Waals surface area contributed by atoms with Gasteiger partial charge in [-0.3, -0.25) is 20.0 Å². The van der Waals surface area contributed by atoms with Crippen LogP contribution in [0.5, 0.6) is 0 Å². The molecule has 4 rings (SSSR count). The zero-order valence-electron chi connectivity index (χ0n) is 17.1. The number of nitrogens with one attached hydrogen (secondary N) is 1. The van der Waals surface area contributed by atoms with Crippen molar-refractivity contribution in [1.82, 2.24) is 19.8 Å². The van der Waals surface area contributed by atoms with E-state index in [1.807, 2.05) is 30.5 Å². The van der Waals surface area contributed by atoms with E-state index in [4.69, 9.17) is 4.74 Å². The van der Waals surface area contributed by atoms with Gasteiger partial charge in [-0.1, -0.05) is 12.1 Å². The number of pyridine rings is 2. The number of hydroxylamine groups is 1. The number of carbonyl (C=O) groups is 1. The molecule has 2 fully saturated rings. The number of carbonyl (C=O) groups excluding carboxylic acids is 1. The van der Waals surface area contributed by atoms with Crippen molar-refractivity contribution in [3.8, 4) is 11.1 Å². The Morgan fingerprint density at radius 2 is 1.84 bits per heavy atom. The van der Waals surface area contributed by atoms with Crippen molar-refractivity contribution < 1.29 is 23.2 Å². The average Bonchev–Trinajstić information content (AvgIpc) is 2.84. The minimum atomic E-state index is -3.95. The van der Waals surface area contributed by atoms with Gasteiger partial charge in [0.1, 0.15) is 0 Å². The predicted molar refractivity (Wildman–Crippen MR) is 113 cm³/mol. The lowest BCUT2D eigenvalue weighted by Gasteiger charge is -2.40. The largest absolute Gasteiger partial charge is 0.381 e. The van der Waals surface area contributed by atoms with Crippen molar-refractivity contribution in [3.63, 3.8) is 0 Å². The van der Waals surface area contributed by atoms with Gasteiger partial charge in [-0.2, -0.15) is 0 Å². The summed E-state index contributed by atoms with van der Waals surface area (Å²) in [6.45, 7) is 0.938. The number of amides is 1. The van der Waals surface area contributed by atoms with Gasteiger partial charge in [-0.05, 0) is 25.0 Å². The van der Waals surface area contributed by atoms with Crippen LogP contribution in [0.25, 0.3) is 11.1 Å². The van der Waals surface area contributed by atoms with Gasteiger partial charge in [0.25, 0.3) is 5.91 Å². The molecule has 166 valence electrons. The number of rotatable bonds is 5. The number of hydrogen-bond donors (Lipinski definition) is 2. The van der Waals surface area contributed by atoms with E-state index in [1.54, 1.807) is 17.9 Å². The lowest BCUT2D eigenvalue weighted by atomic mass is 9.93. The summed E-state index contributed by atoms with van der Waals surface area (Å²) in [5.74, 6) is -0.739. The highest BCUT2D eigenvalue weighted by Gasteiger charge is 2.54. The van der Waals surface area contributed by atoms with E-state index < -0.39 is 20.7 Å². The van der Waals surface area contributed by atoms with Gasteiger partial charge in [0.05, 0.1) is 0 Å². The van der Waals surface area contributed by atoms with Crippen LogP contribution >= 0.6 is 0 Å². The maximum absolute atomic E-state index is 13.4. The fourth-order valence-electron chi connectivity index (χ4n) is 4.40. The molecule has 2 N–H and O–H groups in total. The highest BCUT2D eigenvalue weighted by Crippen LogP contribution is 2.36. The van der Waals surface area contributed by atoms with Crippen LogP contribution in [0.15, 0.2) is 42.9 Å². The van der Waals surface area contributed by atoms with E-state index in [0.29, 0.717) is 25.9 Å². The fraction of sp³-hybridized carbons (Fsp3) is 0.476. The Morgan fingerprint density at radius 3 is 2.42 bits per heavy atom. The van der Waals surface area contributed by atoms with E-state index in [-0.39, 0.29) is 32.0 Å². The molecule has 0 spiro atoms. The van der Waals surface area contributed by atoms with Crippen LogP contribution in [0.3, 0.4) is 0 Å². The van der Waals surface area contributed by atoms with Crippen LogP contribution in [0.4, 0.5) is 0 Å². The third-order valence-corrected chi connectivity index (χ3v) is 8.93. The maximum atomic E-state index is 13.4. The van der Waals surface area contributed by atoms with Gasteiger partial charge >= 0.3 is 0 Å². The van der Waals surface area contributed by atoms with Gasteiger partial charge in [-0.25, -0.2) is 18.2 Å². The Bertz CT molecular complexity index is 1000. The van der Waals surface area contributed by atoms with E-state index in [9.17, 15) is 18.4 Å². The van der Waals surface area contributed by atoms with Gasteiger partial charge in [-0.15, -0.1) is 0 Å². The Balaban J connectivity index is 1.46. The number of nitrogens with zero attached hydrogens (tertiary/aromatic N) is 3. The van der Waals surface area contributed by atoms with Crippen molar-refractivity contribution in [3.05, 3.63) is 48.5 Å². The van der Waals surface area contributed by atoms with E-state index >= 15 is 0 Å². The Kier molecular flexibility index (Phi) is 6.33. The normalized spacial score (nSPS) is 20.3. The number of piperidine rings is 1. The van der Waals surface area contributed by atoms with E-state index in [2.05, 4.69) is 9.97 Å². The second kappa shape index (κ2) is 8.99. The number of aromatic nitrogens is 2. The third kappa shape index (κ3) is 4.08. The molecule has 31 heavy (non-hydrogen) atoms. The number of sulfonamides is 1. The number of hydrogen-bond acceptors (Lipinski definition) is 7. The molecule has 4 heterocycles. The minimum Gasteiger partial charge on any atom is -0.381 e. The molecule has 10 heteroatoms. The summed E-state index contributed by atoms with van der Waals surface area (Å²) < 4.78 is 31.7. The molecule has 2 aliphatic rings. The monoisotopic (exact) mass is 446 g/mol. The molecular formula is C21H26N4O5S. The Hall–Kier alpha value is -2.40. The average molecular weight is 447 g/mol. The summed E-state index contributed by atoms with van der Waals surface area (Å²) in [4.78, 5) is 21.1. The molecule has 2 saturated heterocycles. The van der Waals surface area contributed by atoms with Crippen LogP contribution in [0, 0.1) is 0 Å². The number of ether oxygens (including phenoxy) is 1. The topological polar surface area (TPSA) is 122 Å². The highest BCUT2D eigenvalue weighted by atomic mass is 32.2. The summed E-state index contributed by atoms with van der Waals surface area (Å²) in [7, 11) is -3.95. The highest BCUT2D eigenvalue weighted by molar-refractivity contribution is 7.91. The zero-order valence-corrected chi connectivity index (χ0v) is 17.9. The smallest absolute Gasteiger partial charge is 0.266 e. The van der Waals surface area contributed by atoms with Crippen LogP contribution in [-0.2, 0) is 19.6 Å². The van der Waals surface area contributed by atoms with Gasteiger partial charge in [0.2, 0.25) is 10.0 Å². The first kappa shape index (κ1) is 21.8. The first-order valence-electron chi connectivity index (χ1n) is 10.4. The molecule has 9 nitrogen and oxygen atoms in total. The van der Waals surface area contributed by atoms with Crippen LogP contribution in [0.2, 0.25) is 0 Å². The summed E-state index contributed by atoms with van der Waals surface area (Å²) in [5, 5.41) is 9.17. The molecule has 0 unspecified atom stereocenters. The van der Waals surface area contributed by atoms with Crippen molar-refractivity contribution in [2.75, 3.05) is 26.3 Å². The lowest BCUT2D eigenvalue weighted by Crippen LogP contribution is -2.60. The van der Waals surface area contributed by atoms with Crippen molar-refractivity contribution >= 4 is 15.9 Å². The molecular weight excluding hydrogens is 420 g/mol. The van der Waals surface area contributed by atoms with Crippen molar-refractivity contribution in [1.29, 1.82) is 0 Å². The summed E-state index contributed by atoms with van der Waals surface area (Å²) in [6, 6.07) is 7.84. The molecule has 0 radical (unpaired) electrons. The molecule has 0 atom stereocenters. The molecule has 0 bridgehead atoms. The summed E-state index contributed by atoms with van der Waals surface area (Å²) in [6.07, 6.45) is 6.62. The Morgan fingerprint density at radius 1 is 1.13 bits per heavy atom. The molecule has 0 aromatic carbocycles. The standard InChI is InChI=1S/C21H26N4O5S/c26-20(24-27)21(7-12-30-13-8-21)31(28,29)25-10-5-16(6-11-25)19-4-3-18(15-23-19)17-2-1-9-22-14-17/h1-4,9,14-16,27H,5-8,10-13H2,(H,24,26). The predicted octanol–water partition coefficient (Wildman–Crippen LogP) is 1.71. The van der Waals surface area contributed by atoms with Crippen molar-refractivity contribution in [2.24, 2.45) is 0 Å². The molecule has 1 amide bonds. The molecule has 0 aliphatic carbocycles. The molecule has 2 aromatic rings. The first-order valence-corrected chi connectivity index (χ1v) is 11.8. The SMILES string of the molecule is O=C(NO)C1(S(=O)(=O)N2CCC(c3ccc(-c4cccnc4)cn3)CC2)CCOCC1. The second-order valence-electron chi connectivity index (χ2n) is 7.94. The van der Waals surface area contributed by atoms with Gasteiger partial charge < -0.3 is 4.74 Å². The Labute approximate surface area is 181 Å². The van der Waals surface area contributed by atoms with Crippen LogP contribution in [0.1, 0.15) is 37.3 Å². The maximum Gasteiger partial charge on any atom is 0.266 e. The molecule has 0 saturated carbocycles. The summed E-state index contributed by atoms with van der Waals surface area (Å²) in [5.41, 5.74) is 4.46.